The molecule has 0 saturated carbocycles. The number of benzene rings is 1. The van der Waals surface area contributed by atoms with Crippen molar-refractivity contribution in [3.05, 3.63) is 80.4 Å². The average Bonchev–Trinajstić information content (AvgIpc) is 3.49. The maximum Gasteiger partial charge on any atom is 0.151 e. The summed E-state index contributed by atoms with van der Waals surface area (Å²) in [5, 5.41) is 8.66. The molecule has 0 saturated heterocycles. The van der Waals surface area contributed by atoms with E-state index < -0.39 is 0 Å². The summed E-state index contributed by atoms with van der Waals surface area (Å²) in [6, 6.07) is 16.9. The highest BCUT2D eigenvalue weighted by molar-refractivity contribution is 7.10. The lowest BCUT2D eigenvalue weighted by molar-refractivity contribution is 0.185. The summed E-state index contributed by atoms with van der Waals surface area (Å²) in [6.07, 6.45) is 1.09. The second-order valence-corrected chi connectivity index (χ2v) is 8.82. The lowest BCUT2D eigenvalue weighted by Crippen LogP contribution is -2.34. The number of thiophene rings is 2. The van der Waals surface area contributed by atoms with Gasteiger partial charge in [-0.3, -0.25) is 4.90 Å². The molecule has 1 aromatic carbocycles. The van der Waals surface area contributed by atoms with Crippen LogP contribution in [0.3, 0.4) is 0 Å². The predicted octanol–water partition coefficient (Wildman–Crippen LogP) is 5.62. The molecule has 5 rings (SSSR count). The van der Waals surface area contributed by atoms with Crippen molar-refractivity contribution >= 4 is 22.7 Å². The van der Waals surface area contributed by atoms with Gasteiger partial charge in [0.05, 0.1) is 19.7 Å². The third kappa shape index (κ3) is 3.28. The number of fused-ring (bicyclic) bond motifs is 1. The molecule has 4 heterocycles. The van der Waals surface area contributed by atoms with Gasteiger partial charge in [0.1, 0.15) is 11.4 Å². The van der Waals surface area contributed by atoms with Gasteiger partial charge in [0.2, 0.25) is 0 Å². The van der Waals surface area contributed by atoms with Gasteiger partial charge >= 0.3 is 0 Å². The van der Waals surface area contributed by atoms with Gasteiger partial charge in [-0.15, -0.1) is 22.7 Å². The molecule has 6 heteroatoms. The van der Waals surface area contributed by atoms with E-state index in [0.717, 1.165) is 42.3 Å². The molecule has 4 nitrogen and oxygen atoms in total. The van der Waals surface area contributed by atoms with Crippen LogP contribution in [-0.2, 0) is 13.0 Å². The zero-order valence-corrected chi connectivity index (χ0v) is 17.1. The van der Waals surface area contributed by atoms with E-state index in [0.29, 0.717) is 6.04 Å². The zero-order chi connectivity index (χ0) is 18.9. The van der Waals surface area contributed by atoms with E-state index in [-0.39, 0.29) is 0 Å². The van der Waals surface area contributed by atoms with E-state index in [1.165, 1.54) is 15.3 Å². The minimum absolute atomic E-state index is 0.296. The molecule has 0 spiro atoms. The third-order valence-corrected chi connectivity index (χ3v) is 7.10. The first kappa shape index (κ1) is 17.7. The number of methoxy groups -OCH3 is 1. The fourth-order valence-corrected chi connectivity index (χ4v) is 5.58. The molecule has 4 aromatic rings. The monoisotopic (exact) mass is 408 g/mol. The van der Waals surface area contributed by atoms with Crippen molar-refractivity contribution in [2.45, 2.75) is 19.0 Å². The zero-order valence-electron chi connectivity index (χ0n) is 15.5. The molecule has 1 aliphatic rings. The first-order valence-corrected chi connectivity index (χ1v) is 11.0. The highest BCUT2D eigenvalue weighted by Gasteiger charge is 2.31. The summed E-state index contributed by atoms with van der Waals surface area (Å²) >= 11 is 3.69. The minimum atomic E-state index is 0.296. The van der Waals surface area contributed by atoms with Crippen LogP contribution < -0.4 is 4.74 Å². The lowest BCUT2D eigenvalue weighted by atomic mass is 9.98. The first-order valence-electron chi connectivity index (χ1n) is 9.25. The van der Waals surface area contributed by atoms with Crippen molar-refractivity contribution in [1.29, 1.82) is 0 Å². The first-order chi connectivity index (χ1) is 13.8. The van der Waals surface area contributed by atoms with Crippen LogP contribution in [0.5, 0.6) is 5.75 Å². The molecular weight excluding hydrogens is 388 g/mol. The molecule has 0 radical (unpaired) electrons. The molecule has 0 N–H and O–H groups in total. The largest absolute Gasteiger partial charge is 0.497 e. The third-order valence-electron chi connectivity index (χ3n) is 5.18. The van der Waals surface area contributed by atoms with Crippen molar-refractivity contribution in [2.75, 3.05) is 13.7 Å². The topological polar surface area (TPSA) is 38.5 Å². The van der Waals surface area contributed by atoms with Gasteiger partial charge in [-0.2, -0.15) is 0 Å². The Labute approximate surface area is 172 Å². The normalized spacial score (nSPS) is 16.8. The molecular formula is C22H20N2O2S2. The summed E-state index contributed by atoms with van der Waals surface area (Å²) in [7, 11) is 1.67. The smallest absolute Gasteiger partial charge is 0.151 e. The Hall–Kier alpha value is -2.41. The Morgan fingerprint density at radius 2 is 2.04 bits per heavy atom. The van der Waals surface area contributed by atoms with E-state index in [2.05, 4.69) is 45.1 Å². The fourth-order valence-electron chi connectivity index (χ4n) is 3.80. The molecule has 0 aliphatic carbocycles. The Morgan fingerprint density at radius 3 is 2.82 bits per heavy atom. The maximum atomic E-state index is 5.70. The molecule has 142 valence electrons. The van der Waals surface area contributed by atoms with Crippen LogP contribution in [-0.4, -0.2) is 23.7 Å². The van der Waals surface area contributed by atoms with Gasteiger partial charge < -0.3 is 9.26 Å². The van der Waals surface area contributed by atoms with Gasteiger partial charge in [-0.1, -0.05) is 11.2 Å². The molecule has 0 bridgehead atoms. The quantitative estimate of drug-likeness (QED) is 0.429. The van der Waals surface area contributed by atoms with Crippen molar-refractivity contribution in [1.82, 2.24) is 10.1 Å². The van der Waals surface area contributed by atoms with E-state index in [4.69, 9.17) is 9.26 Å². The van der Waals surface area contributed by atoms with Crippen molar-refractivity contribution in [3.63, 3.8) is 0 Å². The van der Waals surface area contributed by atoms with E-state index in [1.54, 1.807) is 7.11 Å². The van der Waals surface area contributed by atoms with Crippen LogP contribution in [0.1, 0.15) is 27.1 Å². The average molecular weight is 409 g/mol. The summed E-state index contributed by atoms with van der Waals surface area (Å²) in [5.41, 5.74) is 3.33. The number of rotatable bonds is 5. The number of ether oxygens (including phenoxy) is 1. The molecule has 1 atom stereocenters. The van der Waals surface area contributed by atoms with E-state index >= 15 is 0 Å². The fraction of sp³-hybridized carbons (Fsp3) is 0.227. The molecule has 0 amide bonds. The molecule has 0 fully saturated rings. The lowest BCUT2D eigenvalue weighted by Gasteiger charge is -2.34. The summed E-state index contributed by atoms with van der Waals surface area (Å²) < 4.78 is 10.9. The second kappa shape index (κ2) is 7.54. The highest BCUT2D eigenvalue weighted by Crippen LogP contribution is 2.40. The Kier molecular flexibility index (Phi) is 4.76. The second-order valence-electron chi connectivity index (χ2n) is 6.84. The van der Waals surface area contributed by atoms with Crippen LogP contribution in [0.2, 0.25) is 0 Å². The standard InChI is InChI=1S/C22H20N2O2S2/c1-25-16-6-4-15(5-7-16)19-13-17(26-23-19)14-24-10-8-20-18(9-12-28-20)22(24)21-3-2-11-27-21/h2-7,9,11-13,22H,8,10,14H2,1H3/t22-/m0/s1. The predicted molar refractivity (Wildman–Crippen MR) is 113 cm³/mol. The minimum Gasteiger partial charge on any atom is -0.497 e. The van der Waals surface area contributed by atoms with E-state index in [9.17, 15) is 0 Å². The Balaban J connectivity index is 1.40. The molecule has 0 unspecified atom stereocenters. The van der Waals surface area contributed by atoms with Crippen molar-refractivity contribution < 1.29 is 9.26 Å². The number of hydrogen-bond acceptors (Lipinski definition) is 6. The van der Waals surface area contributed by atoms with Gasteiger partial charge in [-0.05, 0) is 59.1 Å². The molecule has 28 heavy (non-hydrogen) atoms. The van der Waals surface area contributed by atoms with Crippen LogP contribution in [0, 0.1) is 0 Å². The van der Waals surface area contributed by atoms with Crippen LogP contribution in [0.25, 0.3) is 11.3 Å². The highest BCUT2D eigenvalue weighted by atomic mass is 32.1. The molecule has 1 aliphatic heterocycles. The van der Waals surface area contributed by atoms with E-state index in [1.807, 2.05) is 46.9 Å². The van der Waals surface area contributed by atoms with Gasteiger partial charge in [0, 0.05) is 27.9 Å². The number of nitrogens with zero attached hydrogens (tertiary/aromatic N) is 2. The van der Waals surface area contributed by atoms with Gasteiger partial charge in [0.25, 0.3) is 0 Å². The molecule has 3 aromatic heterocycles. The maximum absolute atomic E-state index is 5.70. The van der Waals surface area contributed by atoms with Crippen molar-refractivity contribution in [2.24, 2.45) is 0 Å². The summed E-state index contributed by atoms with van der Waals surface area (Å²) in [4.78, 5) is 5.39. The van der Waals surface area contributed by atoms with Gasteiger partial charge in [0.15, 0.2) is 5.76 Å². The van der Waals surface area contributed by atoms with Crippen LogP contribution in [0.15, 0.2) is 63.8 Å². The van der Waals surface area contributed by atoms with Crippen LogP contribution >= 0.6 is 22.7 Å². The van der Waals surface area contributed by atoms with Gasteiger partial charge in [-0.25, -0.2) is 0 Å². The SMILES string of the molecule is COc1ccc(-c2cc(CN3CCc4sccc4[C@H]3c3cccs3)on2)cc1. The Bertz CT molecular complexity index is 1050. The summed E-state index contributed by atoms with van der Waals surface area (Å²) in [6.45, 7) is 1.77. The number of hydrogen-bond donors (Lipinski definition) is 0. The summed E-state index contributed by atoms with van der Waals surface area (Å²) in [5.74, 6) is 1.73. The number of aromatic nitrogens is 1. The Morgan fingerprint density at radius 1 is 1.14 bits per heavy atom. The van der Waals surface area contributed by atoms with Crippen molar-refractivity contribution in [3.8, 4) is 17.0 Å². The van der Waals surface area contributed by atoms with Crippen LogP contribution in [0.4, 0.5) is 0 Å².